The van der Waals surface area contributed by atoms with E-state index in [4.69, 9.17) is 5.73 Å². The Morgan fingerprint density at radius 1 is 1.05 bits per heavy atom. The van der Waals surface area contributed by atoms with Gasteiger partial charge in [-0.25, -0.2) is 9.97 Å². The molecule has 0 bridgehead atoms. The normalized spacial score (nSPS) is 10.8. The molecule has 3 nitrogen and oxygen atoms in total. The Morgan fingerprint density at radius 2 is 1.63 bits per heavy atom. The minimum atomic E-state index is 0.486. The molecule has 0 saturated carbocycles. The molecular weight excluding hydrogens is 370 g/mol. The van der Waals surface area contributed by atoms with E-state index >= 15 is 0 Å². The Morgan fingerprint density at radius 3 is 2.16 bits per heavy atom. The third-order valence-electron chi connectivity index (χ3n) is 2.97. The first kappa shape index (κ1) is 14.5. The van der Waals surface area contributed by atoms with Gasteiger partial charge in [-0.1, -0.05) is 22.9 Å². The number of aromatic nitrogens is 2. The van der Waals surface area contributed by atoms with Gasteiger partial charge in [-0.2, -0.15) is 0 Å². The van der Waals surface area contributed by atoms with Crippen molar-refractivity contribution >= 4 is 37.7 Å². The highest BCUT2D eigenvalue weighted by Gasteiger charge is 2.12. The van der Waals surface area contributed by atoms with Gasteiger partial charge in [0.15, 0.2) is 5.82 Å². The summed E-state index contributed by atoms with van der Waals surface area (Å²) >= 11 is 7.00. The quantitative estimate of drug-likeness (QED) is 0.833. The highest BCUT2D eigenvalue weighted by molar-refractivity contribution is 9.11. The molecule has 0 fully saturated rings. The fraction of sp³-hybridized carbons (Fsp3) is 0.286. The van der Waals surface area contributed by atoms with Crippen molar-refractivity contribution in [1.29, 1.82) is 0 Å². The van der Waals surface area contributed by atoms with Crippen LogP contribution in [0, 0.1) is 13.8 Å². The Kier molecular flexibility index (Phi) is 4.26. The molecule has 0 saturated heterocycles. The van der Waals surface area contributed by atoms with Gasteiger partial charge in [-0.3, -0.25) is 0 Å². The van der Waals surface area contributed by atoms with E-state index < -0.39 is 0 Å². The summed E-state index contributed by atoms with van der Waals surface area (Å²) in [4.78, 5) is 8.95. The molecule has 0 aliphatic heterocycles. The van der Waals surface area contributed by atoms with E-state index in [-0.39, 0.29) is 0 Å². The maximum atomic E-state index is 5.93. The van der Waals surface area contributed by atoms with Crippen molar-refractivity contribution in [2.45, 2.75) is 27.2 Å². The second-order valence-electron chi connectivity index (χ2n) is 4.47. The minimum Gasteiger partial charge on any atom is -0.383 e. The van der Waals surface area contributed by atoms with E-state index in [2.05, 4.69) is 67.8 Å². The number of hydrogen-bond acceptors (Lipinski definition) is 3. The number of aryl methyl sites for hydroxylation is 3. The third kappa shape index (κ3) is 2.82. The minimum absolute atomic E-state index is 0.486. The van der Waals surface area contributed by atoms with Gasteiger partial charge in [0.2, 0.25) is 0 Å². The zero-order valence-corrected chi connectivity index (χ0v) is 14.3. The number of nitrogen functional groups attached to an aromatic ring is 1. The van der Waals surface area contributed by atoms with Crippen LogP contribution in [0.25, 0.3) is 11.4 Å². The van der Waals surface area contributed by atoms with Crippen molar-refractivity contribution in [3.63, 3.8) is 0 Å². The molecule has 1 aromatic heterocycles. The summed E-state index contributed by atoms with van der Waals surface area (Å²) in [5, 5.41) is 0. The lowest BCUT2D eigenvalue weighted by Gasteiger charge is -2.10. The van der Waals surface area contributed by atoms with E-state index in [9.17, 15) is 0 Å². The van der Waals surface area contributed by atoms with Crippen molar-refractivity contribution in [2.75, 3.05) is 5.73 Å². The molecule has 0 aliphatic rings. The summed E-state index contributed by atoms with van der Waals surface area (Å²) in [7, 11) is 0. The molecule has 0 unspecified atom stereocenters. The molecule has 1 heterocycles. The fourth-order valence-electron chi connectivity index (χ4n) is 1.95. The largest absolute Gasteiger partial charge is 0.383 e. The molecule has 1 aromatic carbocycles. The highest BCUT2D eigenvalue weighted by atomic mass is 79.9. The molecule has 19 heavy (non-hydrogen) atoms. The van der Waals surface area contributed by atoms with E-state index in [1.165, 1.54) is 0 Å². The molecule has 0 amide bonds. The van der Waals surface area contributed by atoms with Crippen LogP contribution in [0.1, 0.15) is 23.7 Å². The lowest BCUT2D eigenvalue weighted by atomic mass is 10.1. The zero-order chi connectivity index (χ0) is 14.2. The van der Waals surface area contributed by atoms with Gasteiger partial charge in [-0.15, -0.1) is 0 Å². The van der Waals surface area contributed by atoms with Gasteiger partial charge in [0.05, 0.1) is 10.2 Å². The monoisotopic (exact) mass is 383 g/mol. The Balaban J connectivity index is 2.62. The predicted octanol–water partition coefficient (Wildman–Crippen LogP) is 4.43. The number of anilines is 1. The van der Waals surface area contributed by atoms with Crippen molar-refractivity contribution in [1.82, 2.24) is 9.97 Å². The standard InChI is InChI=1S/C14H15Br2N3/c1-4-10-12(16)13(17)19-14(18-10)9-5-7(2)11(15)8(3)6-9/h5-6H,4H2,1-3H3,(H2,17,18,19). The molecule has 2 N–H and O–H groups in total. The Hall–Kier alpha value is -0.940. The van der Waals surface area contributed by atoms with E-state index in [0.29, 0.717) is 11.6 Å². The number of rotatable bonds is 2. The molecule has 2 aromatic rings. The van der Waals surface area contributed by atoms with Crippen LogP contribution in [0.2, 0.25) is 0 Å². The summed E-state index contributed by atoms with van der Waals surface area (Å²) in [5.41, 5.74) is 10.2. The van der Waals surface area contributed by atoms with Crippen LogP contribution >= 0.6 is 31.9 Å². The van der Waals surface area contributed by atoms with E-state index in [0.717, 1.165) is 37.8 Å². The lowest BCUT2D eigenvalue weighted by Crippen LogP contribution is -2.02. The van der Waals surface area contributed by atoms with Crippen molar-refractivity contribution in [3.8, 4) is 11.4 Å². The van der Waals surface area contributed by atoms with Gasteiger partial charge in [-0.05, 0) is 59.5 Å². The average Bonchev–Trinajstić information content (AvgIpc) is 2.38. The van der Waals surface area contributed by atoms with Crippen molar-refractivity contribution in [3.05, 3.63) is 37.9 Å². The second-order valence-corrected chi connectivity index (χ2v) is 6.06. The molecule has 5 heteroatoms. The lowest BCUT2D eigenvalue weighted by molar-refractivity contribution is 0.995. The molecule has 0 aliphatic carbocycles. The molecule has 0 atom stereocenters. The van der Waals surface area contributed by atoms with Crippen LogP contribution in [-0.2, 0) is 6.42 Å². The smallest absolute Gasteiger partial charge is 0.161 e. The van der Waals surface area contributed by atoms with Crippen LogP contribution < -0.4 is 5.73 Å². The summed E-state index contributed by atoms with van der Waals surface area (Å²) < 4.78 is 1.92. The summed E-state index contributed by atoms with van der Waals surface area (Å²) in [5.74, 6) is 1.16. The topological polar surface area (TPSA) is 51.8 Å². The van der Waals surface area contributed by atoms with Crippen LogP contribution in [0.3, 0.4) is 0 Å². The Bertz CT molecular complexity index is 616. The van der Waals surface area contributed by atoms with Crippen molar-refractivity contribution < 1.29 is 0 Å². The number of benzene rings is 1. The van der Waals surface area contributed by atoms with Crippen molar-refractivity contribution in [2.24, 2.45) is 0 Å². The molecular formula is C14H15Br2N3. The maximum absolute atomic E-state index is 5.93. The summed E-state index contributed by atoms with van der Waals surface area (Å²) in [6.07, 6.45) is 0.814. The predicted molar refractivity (Wildman–Crippen MR) is 86.1 cm³/mol. The molecule has 0 radical (unpaired) electrons. The Labute approximate surface area is 129 Å². The van der Waals surface area contributed by atoms with E-state index in [1.54, 1.807) is 0 Å². The van der Waals surface area contributed by atoms with Crippen LogP contribution in [-0.4, -0.2) is 9.97 Å². The number of halogens is 2. The van der Waals surface area contributed by atoms with Crippen LogP contribution in [0.5, 0.6) is 0 Å². The van der Waals surface area contributed by atoms with Gasteiger partial charge >= 0.3 is 0 Å². The molecule has 0 spiro atoms. The number of nitrogens with two attached hydrogens (primary N) is 1. The van der Waals surface area contributed by atoms with Gasteiger partial charge in [0, 0.05) is 10.0 Å². The summed E-state index contributed by atoms with van der Waals surface area (Å²) in [6, 6.07) is 4.14. The van der Waals surface area contributed by atoms with Crippen LogP contribution in [0.15, 0.2) is 21.1 Å². The first-order chi connectivity index (χ1) is 8.93. The second kappa shape index (κ2) is 5.59. The van der Waals surface area contributed by atoms with Gasteiger partial charge in [0.25, 0.3) is 0 Å². The van der Waals surface area contributed by atoms with Gasteiger partial charge < -0.3 is 5.73 Å². The third-order valence-corrected chi connectivity index (χ3v) is 5.09. The first-order valence-corrected chi connectivity index (χ1v) is 7.61. The van der Waals surface area contributed by atoms with Crippen LogP contribution in [0.4, 0.5) is 5.82 Å². The summed E-state index contributed by atoms with van der Waals surface area (Å²) in [6.45, 7) is 6.17. The highest BCUT2D eigenvalue weighted by Crippen LogP contribution is 2.29. The zero-order valence-electron chi connectivity index (χ0n) is 11.1. The maximum Gasteiger partial charge on any atom is 0.161 e. The molecule has 2 rings (SSSR count). The SMILES string of the molecule is CCc1nc(-c2cc(C)c(Br)c(C)c2)nc(N)c1Br. The fourth-order valence-corrected chi connectivity index (χ4v) is 2.64. The first-order valence-electron chi connectivity index (χ1n) is 6.03. The number of nitrogens with zero attached hydrogens (tertiary/aromatic N) is 2. The molecule has 100 valence electrons. The van der Waals surface area contributed by atoms with Gasteiger partial charge in [0.1, 0.15) is 5.82 Å². The number of hydrogen-bond donors (Lipinski definition) is 1. The average molecular weight is 385 g/mol. The van der Waals surface area contributed by atoms with E-state index in [1.807, 2.05) is 6.92 Å².